The summed E-state index contributed by atoms with van der Waals surface area (Å²) in [5, 5.41) is 0. The summed E-state index contributed by atoms with van der Waals surface area (Å²) in [5.41, 5.74) is 8.26. The van der Waals surface area contributed by atoms with Crippen LogP contribution in [-0.2, 0) is 0 Å². The summed E-state index contributed by atoms with van der Waals surface area (Å²) in [4.78, 5) is 19.1. The summed E-state index contributed by atoms with van der Waals surface area (Å²) in [7, 11) is 0. The Hall–Kier alpha value is -1.92. The van der Waals surface area contributed by atoms with Crippen LogP contribution in [0.4, 0.5) is 5.82 Å². The maximum absolute atomic E-state index is 11.9. The standard InChI is InChI=1S/C16H11Br2N3O/c17-11-7-3-1-5-9(11)13-14(21-16(22)15(19)20-13)10-6-2-4-8-12(10)18/h1-8H,(H2,19,20)(H,21,22). The molecule has 0 radical (unpaired) electrons. The third-order valence-corrected chi connectivity index (χ3v) is 4.60. The van der Waals surface area contributed by atoms with E-state index in [4.69, 9.17) is 5.73 Å². The molecule has 0 unspecified atom stereocenters. The highest BCUT2D eigenvalue weighted by molar-refractivity contribution is 9.11. The second kappa shape index (κ2) is 6.06. The van der Waals surface area contributed by atoms with Crippen LogP contribution < -0.4 is 11.3 Å². The van der Waals surface area contributed by atoms with Gasteiger partial charge in [0.25, 0.3) is 5.56 Å². The molecule has 3 rings (SSSR count). The number of H-pyrrole nitrogens is 1. The van der Waals surface area contributed by atoms with E-state index in [9.17, 15) is 4.79 Å². The van der Waals surface area contributed by atoms with Crippen molar-refractivity contribution in [1.82, 2.24) is 9.97 Å². The van der Waals surface area contributed by atoms with Crippen LogP contribution in [-0.4, -0.2) is 9.97 Å². The van der Waals surface area contributed by atoms with Crippen molar-refractivity contribution in [2.75, 3.05) is 5.73 Å². The van der Waals surface area contributed by atoms with Gasteiger partial charge >= 0.3 is 0 Å². The number of nitrogens with zero attached hydrogens (tertiary/aromatic N) is 1. The smallest absolute Gasteiger partial charge is 0.290 e. The highest BCUT2D eigenvalue weighted by Crippen LogP contribution is 2.35. The Morgan fingerprint density at radius 3 is 2.05 bits per heavy atom. The number of halogens is 2. The lowest BCUT2D eigenvalue weighted by atomic mass is 10.0. The Kier molecular flexibility index (Phi) is 4.13. The maximum atomic E-state index is 11.9. The average Bonchev–Trinajstić information content (AvgIpc) is 2.51. The summed E-state index contributed by atoms with van der Waals surface area (Å²) in [6.07, 6.45) is 0. The Balaban J connectivity index is 2.36. The molecule has 0 saturated heterocycles. The van der Waals surface area contributed by atoms with Gasteiger partial charge in [0.05, 0.1) is 11.4 Å². The normalized spacial score (nSPS) is 10.6. The van der Waals surface area contributed by atoms with Gasteiger partial charge in [-0.25, -0.2) is 4.98 Å². The van der Waals surface area contributed by atoms with E-state index in [0.29, 0.717) is 11.4 Å². The molecule has 22 heavy (non-hydrogen) atoms. The third kappa shape index (κ3) is 2.71. The quantitative estimate of drug-likeness (QED) is 0.652. The van der Waals surface area contributed by atoms with Crippen molar-refractivity contribution in [3.63, 3.8) is 0 Å². The predicted molar refractivity (Wildman–Crippen MR) is 95.5 cm³/mol. The lowest BCUT2D eigenvalue weighted by Gasteiger charge is -2.12. The van der Waals surface area contributed by atoms with Crippen molar-refractivity contribution < 1.29 is 0 Å². The lowest BCUT2D eigenvalue weighted by Crippen LogP contribution is -2.16. The molecule has 1 aromatic heterocycles. The first kappa shape index (κ1) is 15.0. The zero-order valence-corrected chi connectivity index (χ0v) is 14.5. The molecule has 0 aliphatic carbocycles. The van der Waals surface area contributed by atoms with Crippen LogP contribution in [0, 0.1) is 0 Å². The molecule has 0 spiro atoms. The van der Waals surface area contributed by atoms with Crippen molar-refractivity contribution in [3.05, 3.63) is 67.8 Å². The second-order valence-electron chi connectivity index (χ2n) is 4.63. The molecule has 0 atom stereocenters. The van der Waals surface area contributed by atoms with Crippen LogP contribution in [0.2, 0.25) is 0 Å². The topological polar surface area (TPSA) is 71.8 Å². The molecule has 0 saturated carbocycles. The van der Waals surface area contributed by atoms with Gasteiger partial charge in [-0.1, -0.05) is 68.3 Å². The fourth-order valence-corrected chi connectivity index (χ4v) is 3.13. The van der Waals surface area contributed by atoms with Crippen molar-refractivity contribution in [1.29, 1.82) is 0 Å². The molecule has 110 valence electrons. The maximum Gasteiger partial charge on any atom is 0.290 e. The molecule has 0 aliphatic rings. The van der Waals surface area contributed by atoms with Crippen LogP contribution in [0.1, 0.15) is 0 Å². The van der Waals surface area contributed by atoms with Crippen molar-refractivity contribution >= 4 is 37.7 Å². The first-order chi connectivity index (χ1) is 10.6. The number of hydrogen-bond donors (Lipinski definition) is 2. The minimum Gasteiger partial charge on any atom is -0.379 e. The number of rotatable bonds is 2. The van der Waals surface area contributed by atoms with E-state index < -0.39 is 5.56 Å². The third-order valence-electron chi connectivity index (χ3n) is 3.21. The molecular formula is C16H11Br2N3O. The van der Waals surface area contributed by atoms with Gasteiger partial charge in [-0.15, -0.1) is 0 Å². The van der Waals surface area contributed by atoms with Gasteiger partial charge in [0, 0.05) is 20.1 Å². The molecule has 1 heterocycles. The van der Waals surface area contributed by atoms with Crippen LogP contribution in [0.25, 0.3) is 22.5 Å². The van der Waals surface area contributed by atoms with E-state index in [-0.39, 0.29) is 5.82 Å². The SMILES string of the molecule is Nc1nc(-c2ccccc2Br)c(-c2ccccc2Br)[nH]c1=O. The fourth-order valence-electron chi connectivity index (χ4n) is 2.17. The van der Waals surface area contributed by atoms with Gasteiger partial charge in [-0.05, 0) is 12.1 Å². The summed E-state index contributed by atoms with van der Waals surface area (Å²) in [5.74, 6) is -0.0541. The molecule has 0 amide bonds. The minimum atomic E-state index is -0.401. The molecule has 6 heteroatoms. The monoisotopic (exact) mass is 419 g/mol. The Morgan fingerprint density at radius 2 is 1.45 bits per heavy atom. The molecule has 0 bridgehead atoms. The first-order valence-electron chi connectivity index (χ1n) is 6.47. The molecule has 3 N–H and O–H groups in total. The number of aromatic nitrogens is 2. The van der Waals surface area contributed by atoms with Crippen LogP contribution in [0.5, 0.6) is 0 Å². The van der Waals surface area contributed by atoms with Gasteiger partial charge < -0.3 is 10.7 Å². The molecule has 0 fully saturated rings. The van der Waals surface area contributed by atoms with E-state index in [2.05, 4.69) is 41.8 Å². The number of nitrogen functional groups attached to an aromatic ring is 1. The molecule has 2 aromatic carbocycles. The predicted octanol–water partition coefficient (Wildman–Crippen LogP) is 4.21. The van der Waals surface area contributed by atoms with E-state index in [1.54, 1.807) is 0 Å². The Labute approximate surface area is 143 Å². The van der Waals surface area contributed by atoms with E-state index in [1.165, 1.54) is 0 Å². The van der Waals surface area contributed by atoms with Gasteiger partial charge in [0.1, 0.15) is 0 Å². The van der Waals surface area contributed by atoms with Crippen molar-refractivity contribution in [2.24, 2.45) is 0 Å². The van der Waals surface area contributed by atoms with E-state index in [1.807, 2.05) is 48.5 Å². The highest BCUT2D eigenvalue weighted by Gasteiger charge is 2.16. The first-order valence-corrected chi connectivity index (χ1v) is 8.06. The lowest BCUT2D eigenvalue weighted by molar-refractivity contribution is 1.16. The van der Waals surface area contributed by atoms with Crippen molar-refractivity contribution in [3.8, 4) is 22.5 Å². The number of nitrogens with one attached hydrogen (secondary N) is 1. The Bertz CT molecular complexity index is 906. The highest BCUT2D eigenvalue weighted by atomic mass is 79.9. The summed E-state index contributed by atoms with van der Waals surface area (Å²) in [6, 6.07) is 15.3. The fraction of sp³-hybridized carbons (Fsp3) is 0. The van der Waals surface area contributed by atoms with E-state index in [0.717, 1.165) is 20.1 Å². The largest absolute Gasteiger partial charge is 0.379 e. The summed E-state index contributed by atoms with van der Waals surface area (Å²) in [6.45, 7) is 0. The number of anilines is 1. The molecule has 0 aliphatic heterocycles. The van der Waals surface area contributed by atoms with Crippen LogP contribution in [0.15, 0.2) is 62.3 Å². The molecule has 3 aromatic rings. The van der Waals surface area contributed by atoms with Crippen LogP contribution in [0.3, 0.4) is 0 Å². The number of benzene rings is 2. The van der Waals surface area contributed by atoms with Crippen LogP contribution >= 0.6 is 31.9 Å². The van der Waals surface area contributed by atoms with Gasteiger partial charge in [-0.2, -0.15) is 0 Å². The van der Waals surface area contributed by atoms with Gasteiger partial charge in [0.15, 0.2) is 5.82 Å². The zero-order chi connectivity index (χ0) is 15.7. The van der Waals surface area contributed by atoms with Gasteiger partial charge in [0.2, 0.25) is 0 Å². The zero-order valence-electron chi connectivity index (χ0n) is 11.3. The van der Waals surface area contributed by atoms with Gasteiger partial charge in [-0.3, -0.25) is 4.79 Å². The van der Waals surface area contributed by atoms with Crippen molar-refractivity contribution in [2.45, 2.75) is 0 Å². The Morgan fingerprint density at radius 1 is 0.909 bits per heavy atom. The number of nitrogens with two attached hydrogens (primary N) is 1. The summed E-state index contributed by atoms with van der Waals surface area (Å²) < 4.78 is 1.74. The average molecular weight is 421 g/mol. The second-order valence-corrected chi connectivity index (χ2v) is 6.34. The number of hydrogen-bond acceptors (Lipinski definition) is 3. The molecule has 4 nitrogen and oxygen atoms in total. The minimum absolute atomic E-state index is 0.0541. The number of aromatic amines is 1. The summed E-state index contributed by atoms with van der Waals surface area (Å²) >= 11 is 7.03. The van der Waals surface area contributed by atoms with E-state index >= 15 is 0 Å². The molecular weight excluding hydrogens is 410 g/mol.